The van der Waals surface area contributed by atoms with Gasteiger partial charge in [-0.05, 0) is 37.6 Å². The van der Waals surface area contributed by atoms with Gasteiger partial charge in [0.25, 0.3) is 11.6 Å². The molecule has 29 heavy (non-hydrogen) atoms. The summed E-state index contributed by atoms with van der Waals surface area (Å²) in [5, 5.41) is 18.7. The minimum absolute atomic E-state index is 0.163. The molecule has 0 radical (unpaired) electrons. The van der Waals surface area contributed by atoms with Crippen LogP contribution in [0.5, 0.6) is 11.5 Å². The fourth-order valence-electron chi connectivity index (χ4n) is 2.65. The van der Waals surface area contributed by atoms with Gasteiger partial charge in [0.1, 0.15) is 17.2 Å². The van der Waals surface area contributed by atoms with Gasteiger partial charge in [0, 0.05) is 23.7 Å². The summed E-state index contributed by atoms with van der Waals surface area (Å²) < 4.78 is 7.16. The van der Waals surface area contributed by atoms with Crippen LogP contribution >= 0.6 is 23.2 Å². The van der Waals surface area contributed by atoms with Crippen LogP contribution in [0.4, 0.5) is 11.4 Å². The van der Waals surface area contributed by atoms with Gasteiger partial charge >= 0.3 is 0 Å². The van der Waals surface area contributed by atoms with Gasteiger partial charge < -0.3 is 10.1 Å². The number of benzene rings is 2. The standard InChI is InChI=1S/C19H16Cl2N4O4/c1-3-24-18(17(21)10-22-24)19(26)23-12-7-13(25(27)28)9-15(8-12)29-14-4-5-16(20)11(2)6-14/h4-10H,3H2,1-2H3,(H,23,26). The van der Waals surface area contributed by atoms with E-state index in [1.165, 1.54) is 29.1 Å². The quantitative estimate of drug-likeness (QED) is 0.409. The molecule has 1 amide bonds. The van der Waals surface area contributed by atoms with Crippen molar-refractivity contribution in [2.24, 2.45) is 0 Å². The summed E-state index contributed by atoms with van der Waals surface area (Å²) in [6, 6.07) is 9.00. The van der Waals surface area contributed by atoms with E-state index < -0.39 is 10.8 Å². The van der Waals surface area contributed by atoms with Crippen molar-refractivity contribution in [2.75, 3.05) is 5.32 Å². The number of carbonyl (C=O) groups excluding carboxylic acids is 1. The van der Waals surface area contributed by atoms with E-state index >= 15 is 0 Å². The van der Waals surface area contributed by atoms with Crippen molar-refractivity contribution in [1.82, 2.24) is 9.78 Å². The van der Waals surface area contributed by atoms with Gasteiger partial charge in [-0.25, -0.2) is 0 Å². The summed E-state index contributed by atoms with van der Waals surface area (Å²) in [5.74, 6) is 0.103. The Bertz CT molecular complexity index is 1100. The van der Waals surface area contributed by atoms with Crippen LogP contribution in [-0.2, 0) is 6.54 Å². The number of halogens is 2. The zero-order chi connectivity index (χ0) is 21.1. The first-order valence-corrected chi connectivity index (χ1v) is 9.30. The fourth-order valence-corrected chi connectivity index (χ4v) is 3.00. The zero-order valence-corrected chi connectivity index (χ0v) is 17.0. The van der Waals surface area contributed by atoms with Crippen LogP contribution in [0.15, 0.2) is 42.6 Å². The van der Waals surface area contributed by atoms with Gasteiger partial charge in [-0.1, -0.05) is 23.2 Å². The summed E-state index contributed by atoms with van der Waals surface area (Å²) in [7, 11) is 0. The predicted molar refractivity (Wildman–Crippen MR) is 110 cm³/mol. The maximum absolute atomic E-state index is 12.6. The number of nitro groups is 1. The molecule has 0 saturated heterocycles. The van der Waals surface area contributed by atoms with Gasteiger partial charge in [-0.2, -0.15) is 5.10 Å². The Morgan fingerprint density at radius 1 is 1.21 bits per heavy atom. The molecule has 3 aromatic rings. The van der Waals surface area contributed by atoms with E-state index in [2.05, 4.69) is 10.4 Å². The number of hydrogen-bond acceptors (Lipinski definition) is 5. The normalized spacial score (nSPS) is 10.6. The molecular formula is C19H16Cl2N4O4. The summed E-state index contributed by atoms with van der Waals surface area (Å²) in [6.07, 6.45) is 1.37. The third kappa shape index (κ3) is 4.67. The summed E-state index contributed by atoms with van der Waals surface area (Å²) in [6.45, 7) is 4.07. The van der Waals surface area contributed by atoms with E-state index in [1.807, 2.05) is 13.8 Å². The van der Waals surface area contributed by atoms with E-state index in [1.54, 1.807) is 18.2 Å². The van der Waals surface area contributed by atoms with Gasteiger partial charge in [-0.3, -0.25) is 19.6 Å². The average Bonchev–Trinajstić information content (AvgIpc) is 3.05. The van der Waals surface area contributed by atoms with Crippen molar-refractivity contribution in [1.29, 1.82) is 0 Å². The second-order valence-electron chi connectivity index (χ2n) is 6.10. The molecular weight excluding hydrogens is 419 g/mol. The first-order chi connectivity index (χ1) is 13.8. The van der Waals surface area contributed by atoms with Crippen LogP contribution in [0.2, 0.25) is 10.0 Å². The lowest BCUT2D eigenvalue weighted by molar-refractivity contribution is -0.384. The number of aromatic nitrogens is 2. The molecule has 0 spiro atoms. The van der Waals surface area contributed by atoms with Crippen molar-refractivity contribution in [3.05, 3.63) is 74.0 Å². The summed E-state index contributed by atoms with van der Waals surface area (Å²) in [4.78, 5) is 23.4. The molecule has 2 aromatic carbocycles. The Morgan fingerprint density at radius 3 is 2.62 bits per heavy atom. The number of ether oxygens (including phenoxy) is 1. The maximum Gasteiger partial charge on any atom is 0.275 e. The molecule has 0 aliphatic heterocycles. The molecule has 0 fully saturated rings. The monoisotopic (exact) mass is 434 g/mol. The number of carbonyl (C=O) groups is 1. The highest BCUT2D eigenvalue weighted by atomic mass is 35.5. The molecule has 8 nitrogen and oxygen atoms in total. The molecule has 0 atom stereocenters. The molecule has 1 aromatic heterocycles. The smallest absolute Gasteiger partial charge is 0.275 e. The number of amides is 1. The molecule has 0 saturated carbocycles. The van der Waals surface area contributed by atoms with Crippen LogP contribution in [0.25, 0.3) is 0 Å². The number of hydrogen-bond donors (Lipinski definition) is 1. The number of aryl methyl sites for hydroxylation is 2. The van der Waals surface area contributed by atoms with E-state index in [-0.39, 0.29) is 27.8 Å². The van der Waals surface area contributed by atoms with Crippen molar-refractivity contribution in [2.45, 2.75) is 20.4 Å². The number of nitrogens with zero attached hydrogens (tertiary/aromatic N) is 3. The Balaban J connectivity index is 1.92. The van der Waals surface area contributed by atoms with Crippen LogP contribution in [0, 0.1) is 17.0 Å². The predicted octanol–water partition coefficient (Wildman–Crippen LogP) is 5.47. The third-order valence-corrected chi connectivity index (χ3v) is 4.74. The number of rotatable bonds is 6. The SMILES string of the molecule is CCn1ncc(Cl)c1C(=O)Nc1cc(Oc2ccc(Cl)c(C)c2)cc([N+](=O)[O-])c1. The van der Waals surface area contributed by atoms with Gasteiger partial charge in [0.2, 0.25) is 0 Å². The van der Waals surface area contributed by atoms with Crippen molar-refractivity contribution in [3.8, 4) is 11.5 Å². The number of anilines is 1. The molecule has 1 heterocycles. The first kappa shape index (κ1) is 20.6. The van der Waals surface area contributed by atoms with Gasteiger partial charge in [-0.15, -0.1) is 0 Å². The molecule has 1 N–H and O–H groups in total. The van der Waals surface area contributed by atoms with E-state index in [0.717, 1.165) is 5.56 Å². The molecule has 0 unspecified atom stereocenters. The maximum atomic E-state index is 12.6. The second-order valence-corrected chi connectivity index (χ2v) is 6.91. The Morgan fingerprint density at radius 2 is 1.97 bits per heavy atom. The third-order valence-electron chi connectivity index (χ3n) is 4.03. The highest BCUT2D eigenvalue weighted by Gasteiger charge is 2.19. The topological polar surface area (TPSA) is 99.3 Å². The second kappa shape index (κ2) is 8.50. The molecule has 0 bridgehead atoms. The van der Waals surface area contributed by atoms with Crippen LogP contribution in [0.1, 0.15) is 23.0 Å². The first-order valence-electron chi connectivity index (χ1n) is 8.54. The Hall–Kier alpha value is -3.10. The van der Waals surface area contributed by atoms with Gasteiger partial charge in [0.15, 0.2) is 0 Å². The summed E-state index contributed by atoms with van der Waals surface area (Å²) in [5.41, 5.74) is 0.908. The summed E-state index contributed by atoms with van der Waals surface area (Å²) >= 11 is 12.1. The molecule has 0 aliphatic carbocycles. The fraction of sp³-hybridized carbons (Fsp3) is 0.158. The Labute approximate surface area is 176 Å². The minimum atomic E-state index is -0.571. The van der Waals surface area contributed by atoms with Crippen molar-refractivity contribution in [3.63, 3.8) is 0 Å². The highest BCUT2D eigenvalue weighted by molar-refractivity contribution is 6.34. The largest absolute Gasteiger partial charge is 0.457 e. The zero-order valence-electron chi connectivity index (χ0n) is 15.5. The minimum Gasteiger partial charge on any atom is -0.457 e. The number of non-ortho nitro benzene ring substituents is 1. The Kier molecular flexibility index (Phi) is 6.05. The van der Waals surface area contributed by atoms with E-state index in [0.29, 0.717) is 17.3 Å². The van der Waals surface area contributed by atoms with Crippen molar-refractivity contribution < 1.29 is 14.5 Å². The lowest BCUT2D eigenvalue weighted by Crippen LogP contribution is -2.18. The van der Waals surface area contributed by atoms with Crippen LogP contribution < -0.4 is 10.1 Å². The molecule has 10 heteroatoms. The lowest BCUT2D eigenvalue weighted by Gasteiger charge is -2.11. The highest BCUT2D eigenvalue weighted by Crippen LogP contribution is 2.31. The number of nitro benzene ring substituents is 1. The van der Waals surface area contributed by atoms with Crippen molar-refractivity contribution >= 4 is 40.5 Å². The van der Waals surface area contributed by atoms with Crippen LogP contribution in [0.3, 0.4) is 0 Å². The van der Waals surface area contributed by atoms with Gasteiger partial charge in [0.05, 0.1) is 27.9 Å². The van der Waals surface area contributed by atoms with E-state index in [9.17, 15) is 14.9 Å². The molecule has 3 rings (SSSR count). The lowest BCUT2D eigenvalue weighted by atomic mass is 10.2. The molecule has 150 valence electrons. The van der Waals surface area contributed by atoms with E-state index in [4.69, 9.17) is 27.9 Å². The van der Waals surface area contributed by atoms with Crippen LogP contribution in [-0.4, -0.2) is 20.6 Å². The molecule has 0 aliphatic rings. The average molecular weight is 435 g/mol. The number of nitrogens with one attached hydrogen (secondary N) is 1.